The average Bonchev–Trinajstić information content (AvgIpc) is 2.84. The number of hydrogen-bond acceptors (Lipinski definition) is 6. The van der Waals surface area contributed by atoms with Crippen molar-refractivity contribution in [2.45, 2.75) is 10.8 Å². The molecule has 6 nitrogen and oxygen atoms in total. The van der Waals surface area contributed by atoms with Gasteiger partial charge in [0.2, 0.25) is 0 Å². The fraction of sp³-hybridized carbons (Fsp3) is 0.250. The van der Waals surface area contributed by atoms with Crippen LogP contribution in [0.1, 0.15) is 0 Å². The van der Waals surface area contributed by atoms with Crippen LogP contribution in [-0.4, -0.2) is 37.5 Å². The molecule has 0 radical (unpaired) electrons. The van der Waals surface area contributed by atoms with E-state index < -0.39 is 5.97 Å². The minimum absolute atomic E-state index is 0.227. The van der Waals surface area contributed by atoms with Gasteiger partial charge in [-0.1, -0.05) is 0 Å². The number of nitrogens with zero attached hydrogens (tertiary/aromatic N) is 4. The molecule has 0 saturated heterocycles. The van der Waals surface area contributed by atoms with Gasteiger partial charge < -0.3 is 5.11 Å². The van der Waals surface area contributed by atoms with Crippen molar-refractivity contribution in [2.75, 3.05) is 6.26 Å². The average molecular weight is 256 g/mol. The molecule has 2 aromatic heterocycles. The van der Waals surface area contributed by atoms with Gasteiger partial charge in [-0.25, -0.2) is 4.68 Å². The molecule has 2 heterocycles. The molecule has 0 aliphatic carbocycles. The first kappa shape index (κ1) is 11.1. The molecular formula is C8H8N4O2S2. The molecule has 0 aliphatic rings. The molecule has 0 bridgehead atoms. The molecule has 0 aromatic carbocycles. The number of hydrogen-bond donors (Lipinski definition) is 1. The Labute approximate surface area is 99.3 Å². The monoisotopic (exact) mass is 256 g/mol. The second-order valence-corrected chi connectivity index (χ2v) is 5.07. The predicted molar refractivity (Wildman–Crippen MR) is 60.5 cm³/mol. The Balaban J connectivity index is 2.32. The maximum Gasteiger partial charge on any atom is 0.325 e. The summed E-state index contributed by atoms with van der Waals surface area (Å²) in [5.74, 6) is -0.470. The summed E-state index contributed by atoms with van der Waals surface area (Å²) in [6.45, 7) is -0.227. The van der Waals surface area contributed by atoms with Crippen LogP contribution < -0.4 is 0 Å². The Bertz CT molecular complexity index is 508. The van der Waals surface area contributed by atoms with Gasteiger partial charge in [0.15, 0.2) is 5.82 Å². The zero-order valence-corrected chi connectivity index (χ0v) is 9.96. The molecule has 2 rings (SSSR count). The molecule has 2 aromatic rings. The quantitative estimate of drug-likeness (QED) is 0.828. The third-order valence-electron chi connectivity index (χ3n) is 1.82. The number of carbonyl (C=O) groups is 1. The number of carboxylic acids is 1. The number of rotatable bonds is 4. The van der Waals surface area contributed by atoms with Crippen LogP contribution in [-0.2, 0) is 11.3 Å². The number of carboxylic acid groups (broad SMARTS) is 1. The standard InChI is InChI=1S/C8H8N4O2S2/c1-15-7-3-2-5(16-7)8-9-10-11-12(8)4-6(13)14/h2-3H,4H2,1H3,(H,13,14). The highest BCUT2D eigenvalue weighted by Gasteiger charge is 2.13. The SMILES string of the molecule is CSc1ccc(-c2nnnn2CC(=O)O)s1. The van der Waals surface area contributed by atoms with Crippen LogP contribution in [0.2, 0.25) is 0 Å². The molecule has 0 unspecified atom stereocenters. The number of thiophene rings is 1. The van der Waals surface area contributed by atoms with E-state index >= 15 is 0 Å². The van der Waals surface area contributed by atoms with E-state index in [4.69, 9.17) is 5.11 Å². The Morgan fingerprint density at radius 2 is 2.44 bits per heavy atom. The summed E-state index contributed by atoms with van der Waals surface area (Å²) in [5.41, 5.74) is 0. The van der Waals surface area contributed by atoms with Crippen molar-refractivity contribution in [3.8, 4) is 10.7 Å². The first-order valence-corrected chi connectivity index (χ1v) is 6.37. The molecular weight excluding hydrogens is 248 g/mol. The highest BCUT2D eigenvalue weighted by Crippen LogP contribution is 2.31. The number of aromatic nitrogens is 4. The summed E-state index contributed by atoms with van der Waals surface area (Å²) < 4.78 is 2.41. The number of tetrazole rings is 1. The first-order valence-electron chi connectivity index (χ1n) is 4.33. The predicted octanol–water partition coefficient (Wildman–Crippen LogP) is 1.21. The van der Waals surface area contributed by atoms with Gasteiger partial charge in [-0.05, 0) is 28.8 Å². The van der Waals surface area contributed by atoms with Gasteiger partial charge in [-0.3, -0.25) is 4.79 Å². The van der Waals surface area contributed by atoms with Crippen molar-refractivity contribution in [3.63, 3.8) is 0 Å². The van der Waals surface area contributed by atoms with Gasteiger partial charge in [0.05, 0.1) is 9.09 Å². The fourth-order valence-corrected chi connectivity index (χ4v) is 2.70. The van der Waals surface area contributed by atoms with Crippen molar-refractivity contribution < 1.29 is 9.90 Å². The topological polar surface area (TPSA) is 80.9 Å². The van der Waals surface area contributed by atoms with Crippen molar-refractivity contribution >= 4 is 29.1 Å². The Morgan fingerprint density at radius 1 is 1.62 bits per heavy atom. The lowest BCUT2D eigenvalue weighted by Gasteiger charge is -1.97. The van der Waals surface area contributed by atoms with Crippen LogP contribution in [0, 0.1) is 0 Å². The van der Waals surface area contributed by atoms with Crippen LogP contribution in [0.4, 0.5) is 0 Å². The Hall–Kier alpha value is -1.41. The summed E-state index contributed by atoms with van der Waals surface area (Å²) in [7, 11) is 0. The number of thioether (sulfide) groups is 1. The minimum atomic E-state index is -0.963. The fourth-order valence-electron chi connectivity index (χ4n) is 1.17. The van der Waals surface area contributed by atoms with Crippen LogP contribution in [0.3, 0.4) is 0 Å². The Morgan fingerprint density at radius 3 is 3.06 bits per heavy atom. The molecule has 84 valence electrons. The molecule has 16 heavy (non-hydrogen) atoms. The third-order valence-corrected chi connectivity index (χ3v) is 3.98. The lowest BCUT2D eigenvalue weighted by molar-refractivity contribution is -0.137. The molecule has 0 aliphatic heterocycles. The van der Waals surface area contributed by atoms with Crippen LogP contribution in [0.15, 0.2) is 16.3 Å². The molecule has 0 fully saturated rings. The summed E-state index contributed by atoms with van der Waals surface area (Å²) in [4.78, 5) is 11.5. The van der Waals surface area contributed by atoms with Crippen molar-refractivity contribution in [1.29, 1.82) is 0 Å². The van der Waals surface area contributed by atoms with Gasteiger partial charge in [-0.15, -0.1) is 28.2 Å². The zero-order chi connectivity index (χ0) is 11.5. The lowest BCUT2D eigenvalue weighted by atomic mass is 10.4. The first-order chi connectivity index (χ1) is 7.70. The smallest absolute Gasteiger partial charge is 0.325 e. The second-order valence-electron chi connectivity index (χ2n) is 2.88. The van der Waals surface area contributed by atoms with Crippen LogP contribution in [0.25, 0.3) is 10.7 Å². The van der Waals surface area contributed by atoms with E-state index in [0.29, 0.717) is 5.82 Å². The third kappa shape index (κ3) is 2.22. The van der Waals surface area contributed by atoms with Crippen molar-refractivity contribution in [1.82, 2.24) is 20.2 Å². The Kier molecular flexibility index (Phi) is 3.20. The van der Waals surface area contributed by atoms with Gasteiger partial charge in [0.1, 0.15) is 6.54 Å². The highest BCUT2D eigenvalue weighted by molar-refractivity contribution is 8.00. The van der Waals surface area contributed by atoms with E-state index in [1.54, 1.807) is 11.8 Å². The van der Waals surface area contributed by atoms with Gasteiger partial charge in [0.25, 0.3) is 0 Å². The summed E-state index contributed by atoms with van der Waals surface area (Å²) in [6.07, 6.45) is 1.98. The summed E-state index contributed by atoms with van der Waals surface area (Å²) in [5, 5.41) is 19.6. The van der Waals surface area contributed by atoms with Gasteiger partial charge in [-0.2, -0.15) is 0 Å². The maximum atomic E-state index is 10.6. The molecule has 0 amide bonds. The van der Waals surface area contributed by atoms with E-state index in [9.17, 15) is 4.79 Å². The van der Waals surface area contributed by atoms with E-state index in [1.165, 1.54) is 16.0 Å². The van der Waals surface area contributed by atoms with E-state index in [2.05, 4.69) is 15.5 Å². The largest absolute Gasteiger partial charge is 0.480 e. The summed E-state index contributed by atoms with van der Waals surface area (Å²) >= 11 is 3.17. The van der Waals surface area contributed by atoms with Crippen LogP contribution in [0.5, 0.6) is 0 Å². The highest BCUT2D eigenvalue weighted by atomic mass is 32.2. The normalized spacial score (nSPS) is 10.6. The lowest BCUT2D eigenvalue weighted by Crippen LogP contribution is -2.11. The van der Waals surface area contributed by atoms with E-state index in [-0.39, 0.29) is 6.54 Å². The van der Waals surface area contributed by atoms with Crippen molar-refractivity contribution in [3.05, 3.63) is 12.1 Å². The molecule has 0 spiro atoms. The summed E-state index contributed by atoms with van der Waals surface area (Å²) in [6, 6.07) is 3.85. The van der Waals surface area contributed by atoms with Crippen LogP contribution >= 0.6 is 23.1 Å². The molecule has 1 N–H and O–H groups in total. The maximum absolute atomic E-state index is 10.6. The zero-order valence-electron chi connectivity index (χ0n) is 8.32. The van der Waals surface area contributed by atoms with Crippen molar-refractivity contribution in [2.24, 2.45) is 0 Å². The number of aliphatic carboxylic acids is 1. The van der Waals surface area contributed by atoms with E-state index in [0.717, 1.165) is 9.09 Å². The second kappa shape index (κ2) is 4.62. The van der Waals surface area contributed by atoms with E-state index in [1.807, 2.05) is 18.4 Å². The van der Waals surface area contributed by atoms with Gasteiger partial charge >= 0.3 is 5.97 Å². The minimum Gasteiger partial charge on any atom is -0.480 e. The molecule has 0 saturated carbocycles. The molecule has 8 heteroatoms. The van der Waals surface area contributed by atoms with Gasteiger partial charge in [0, 0.05) is 0 Å². The molecule has 0 atom stereocenters.